The van der Waals surface area contributed by atoms with Crippen molar-refractivity contribution in [2.75, 3.05) is 6.61 Å². The lowest BCUT2D eigenvalue weighted by atomic mass is 10.5. The molecule has 0 heterocycles. The number of hydrogen-bond acceptors (Lipinski definition) is 6. The van der Waals surface area contributed by atoms with E-state index in [4.69, 9.17) is 5.11 Å². The summed E-state index contributed by atoms with van der Waals surface area (Å²) in [5.74, 6) is -2.14. The van der Waals surface area contributed by atoms with Gasteiger partial charge >= 0.3 is 16.4 Å². The van der Waals surface area contributed by atoms with Crippen molar-refractivity contribution in [2.24, 2.45) is 0 Å². The molecule has 0 aromatic carbocycles. The van der Waals surface area contributed by atoms with Gasteiger partial charge in [-0.05, 0) is 19.4 Å². The average Bonchev–Trinajstić information content (AvgIpc) is 2.12. The Hall–Kier alpha value is -1.08. The monoisotopic (exact) mass is 224 g/mol. The predicted molar refractivity (Wildman–Crippen MR) is 47.6 cm³/mol. The van der Waals surface area contributed by atoms with Crippen molar-refractivity contribution in [1.82, 2.24) is 0 Å². The van der Waals surface area contributed by atoms with Crippen LogP contribution in [0.5, 0.6) is 0 Å². The van der Waals surface area contributed by atoms with Gasteiger partial charge in [-0.25, -0.2) is 8.98 Å². The predicted octanol–water partition coefficient (Wildman–Crippen LogP) is 0.663. The summed E-state index contributed by atoms with van der Waals surface area (Å²) in [7, 11) is -4.35. The van der Waals surface area contributed by atoms with E-state index in [0.717, 1.165) is 6.08 Å². The molecule has 0 rings (SSSR count). The highest BCUT2D eigenvalue weighted by Crippen LogP contribution is 2.02. The van der Waals surface area contributed by atoms with Gasteiger partial charge in [0.15, 0.2) is 5.76 Å². The first-order valence-electron chi connectivity index (χ1n) is 3.91. The van der Waals surface area contributed by atoms with Gasteiger partial charge in [-0.2, -0.15) is 8.42 Å². The third kappa shape index (κ3) is 4.83. The molecule has 0 aromatic heterocycles. The standard InChI is InChI=1S/C7H12O6S/c1-3-5-12-14(10,11)13-7(9)6(8)4-2/h4,8H,3,5H2,1-2H3. The Morgan fingerprint density at radius 3 is 2.50 bits per heavy atom. The molecule has 0 aliphatic heterocycles. The first-order chi connectivity index (χ1) is 6.43. The van der Waals surface area contributed by atoms with E-state index < -0.39 is 22.1 Å². The van der Waals surface area contributed by atoms with Crippen LogP contribution in [0.15, 0.2) is 11.8 Å². The van der Waals surface area contributed by atoms with Crippen molar-refractivity contribution in [2.45, 2.75) is 20.3 Å². The van der Waals surface area contributed by atoms with E-state index in [0.29, 0.717) is 6.42 Å². The molecular weight excluding hydrogens is 212 g/mol. The third-order valence-corrected chi connectivity index (χ3v) is 1.90. The van der Waals surface area contributed by atoms with Gasteiger partial charge in [-0.15, -0.1) is 0 Å². The molecule has 0 bridgehead atoms. The van der Waals surface area contributed by atoms with Gasteiger partial charge in [0.25, 0.3) is 0 Å². The average molecular weight is 224 g/mol. The Labute approximate surface area is 82.5 Å². The number of rotatable bonds is 5. The fourth-order valence-corrected chi connectivity index (χ4v) is 1.15. The summed E-state index contributed by atoms with van der Waals surface area (Å²) in [6.07, 6.45) is 1.48. The molecule has 0 spiro atoms. The Balaban J connectivity index is 4.31. The Kier molecular flexibility index (Phi) is 5.18. The van der Waals surface area contributed by atoms with Crippen LogP contribution >= 0.6 is 0 Å². The maximum atomic E-state index is 10.8. The van der Waals surface area contributed by atoms with Crippen LogP contribution < -0.4 is 0 Å². The molecule has 0 saturated heterocycles. The molecule has 0 fully saturated rings. The van der Waals surface area contributed by atoms with E-state index >= 15 is 0 Å². The van der Waals surface area contributed by atoms with Crippen LogP contribution in [0.4, 0.5) is 0 Å². The molecule has 0 atom stereocenters. The lowest BCUT2D eigenvalue weighted by molar-refractivity contribution is -0.133. The number of hydrogen-bond donors (Lipinski definition) is 1. The van der Waals surface area contributed by atoms with E-state index in [1.807, 2.05) is 0 Å². The van der Waals surface area contributed by atoms with Crippen LogP contribution in [0.3, 0.4) is 0 Å². The Morgan fingerprint density at radius 1 is 1.50 bits per heavy atom. The zero-order valence-electron chi connectivity index (χ0n) is 7.89. The minimum Gasteiger partial charge on any atom is -0.502 e. The van der Waals surface area contributed by atoms with Crippen LogP contribution in [-0.4, -0.2) is 26.1 Å². The van der Waals surface area contributed by atoms with Crippen molar-refractivity contribution < 1.29 is 26.7 Å². The van der Waals surface area contributed by atoms with Crippen molar-refractivity contribution in [1.29, 1.82) is 0 Å². The summed E-state index contributed by atoms with van der Waals surface area (Å²) >= 11 is 0. The summed E-state index contributed by atoms with van der Waals surface area (Å²) < 4.78 is 29.8. The number of allylic oxidation sites excluding steroid dienone is 1. The fourth-order valence-electron chi connectivity index (χ4n) is 0.463. The topological polar surface area (TPSA) is 89.9 Å². The zero-order valence-corrected chi connectivity index (χ0v) is 8.70. The maximum Gasteiger partial charge on any atom is 0.451 e. The lowest BCUT2D eigenvalue weighted by Gasteiger charge is -2.03. The van der Waals surface area contributed by atoms with Crippen LogP contribution in [0.1, 0.15) is 20.3 Å². The van der Waals surface area contributed by atoms with Gasteiger partial charge in [0.05, 0.1) is 6.61 Å². The van der Waals surface area contributed by atoms with Gasteiger partial charge in [0, 0.05) is 0 Å². The highest BCUT2D eigenvalue weighted by Gasteiger charge is 2.20. The number of aliphatic hydroxyl groups is 1. The summed E-state index contributed by atoms with van der Waals surface area (Å²) in [4.78, 5) is 10.8. The largest absolute Gasteiger partial charge is 0.502 e. The van der Waals surface area contributed by atoms with E-state index in [-0.39, 0.29) is 6.61 Å². The molecule has 0 unspecified atom stereocenters. The van der Waals surface area contributed by atoms with Gasteiger partial charge in [-0.1, -0.05) is 6.92 Å². The van der Waals surface area contributed by atoms with Gasteiger partial charge in [-0.3, -0.25) is 0 Å². The molecule has 0 aromatic rings. The lowest BCUT2D eigenvalue weighted by Crippen LogP contribution is -2.17. The van der Waals surface area contributed by atoms with Crippen molar-refractivity contribution >= 4 is 16.4 Å². The first-order valence-corrected chi connectivity index (χ1v) is 5.24. The molecule has 0 aliphatic carbocycles. The normalized spacial score (nSPS) is 12.6. The molecule has 0 amide bonds. The molecule has 0 radical (unpaired) electrons. The third-order valence-electron chi connectivity index (χ3n) is 1.09. The van der Waals surface area contributed by atoms with E-state index in [2.05, 4.69) is 8.37 Å². The molecule has 82 valence electrons. The second-order valence-electron chi connectivity index (χ2n) is 2.27. The molecule has 7 heteroatoms. The Morgan fingerprint density at radius 2 is 2.07 bits per heavy atom. The zero-order chi connectivity index (χ0) is 11.2. The smallest absolute Gasteiger partial charge is 0.451 e. The van der Waals surface area contributed by atoms with Crippen molar-refractivity contribution in [3.05, 3.63) is 11.8 Å². The SMILES string of the molecule is CC=C(O)C(=O)OS(=O)(=O)OCCC. The summed E-state index contributed by atoms with van der Waals surface area (Å²) in [5.41, 5.74) is 0. The first kappa shape index (κ1) is 12.9. The molecular formula is C7H12O6S. The second kappa shape index (κ2) is 5.61. The fraction of sp³-hybridized carbons (Fsp3) is 0.571. The van der Waals surface area contributed by atoms with E-state index in [1.165, 1.54) is 6.92 Å². The van der Waals surface area contributed by atoms with Crippen molar-refractivity contribution in [3.8, 4) is 0 Å². The quantitative estimate of drug-likeness (QED) is 0.545. The van der Waals surface area contributed by atoms with E-state index in [9.17, 15) is 13.2 Å². The molecule has 0 aliphatic rings. The Bertz CT molecular complexity index is 315. The molecule has 6 nitrogen and oxygen atoms in total. The highest BCUT2D eigenvalue weighted by molar-refractivity contribution is 7.82. The van der Waals surface area contributed by atoms with Crippen LogP contribution in [0.25, 0.3) is 0 Å². The summed E-state index contributed by atoms with van der Waals surface area (Å²) in [6.45, 7) is 2.98. The maximum absolute atomic E-state index is 10.8. The summed E-state index contributed by atoms with van der Waals surface area (Å²) in [6, 6.07) is 0. The molecule has 14 heavy (non-hydrogen) atoms. The van der Waals surface area contributed by atoms with Gasteiger partial charge in [0.1, 0.15) is 0 Å². The second-order valence-corrected chi connectivity index (χ2v) is 3.49. The van der Waals surface area contributed by atoms with Crippen LogP contribution in [0, 0.1) is 0 Å². The number of carbonyl (C=O) groups is 1. The van der Waals surface area contributed by atoms with Crippen LogP contribution in [0.2, 0.25) is 0 Å². The number of carbonyl (C=O) groups excluding carboxylic acids is 1. The van der Waals surface area contributed by atoms with Gasteiger partial charge < -0.3 is 9.29 Å². The van der Waals surface area contributed by atoms with Crippen LogP contribution in [-0.2, 0) is 23.6 Å². The van der Waals surface area contributed by atoms with E-state index in [1.54, 1.807) is 6.92 Å². The summed E-state index contributed by atoms with van der Waals surface area (Å²) in [5, 5.41) is 8.78. The number of aliphatic hydroxyl groups excluding tert-OH is 1. The van der Waals surface area contributed by atoms with Gasteiger partial charge in [0.2, 0.25) is 0 Å². The minimum atomic E-state index is -4.35. The highest BCUT2D eigenvalue weighted by atomic mass is 32.3. The van der Waals surface area contributed by atoms with Crippen molar-refractivity contribution in [3.63, 3.8) is 0 Å². The minimum absolute atomic E-state index is 0.0772. The molecule has 0 saturated carbocycles. The molecule has 1 N–H and O–H groups in total.